The fourth-order valence-corrected chi connectivity index (χ4v) is 2.62. The molecule has 0 spiro atoms. The number of aryl methyl sites for hydroxylation is 2. The van der Waals surface area contributed by atoms with Crippen LogP contribution in [-0.4, -0.2) is 23.5 Å². The third-order valence-corrected chi connectivity index (χ3v) is 4.68. The van der Waals surface area contributed by atoms with E-state index in [4.69, 9.17) is 40.2 Å². The molecule has 0 bridgehead atoms. The molecule has 6 nitrogen and oxygen atoms in total. The molecule has 0 aliphatic rings. The molecule has 0 saturated carbocycles. The van der Waals surface area contributed by atoms with Crippen LogP contribution < -0.4 is 20.9 Å². The second-order valence-corrected chi connectivity index (χ2v) is 7.26. The molecule has 2 rings (SSSR count). The number of nitrogens with one attached hydrogen (secondary N) is 3. The van der Waals surface area contributed by atoms with E-state index < -0.39 is 11.8 Å². The van der Waals surface area contributed by atoms with Crippen molar-refractivity contribution in [1.29, 1.82) is 0 Å². The lowest BCUT2D eigenvalue weighted by atomic mass is 10.1. The highest BCUT2D eigenvalue weighted by Crippen LogP contribution is 2.25. The molecule has 2 aromatic carbocycles. The first kappa shape index (κ1) is 22.7. The maximum absolute atomic E-state index is 11.9. The van der Waals surface area contributed by atoms with Gasteiger partial charge in [-0.15, -0.1) is 0 Å². The van der Waals surface area contributed by atoms with E-state index in [0.717, 1.165) is 16.7 Å². The van der Waals surface area contributed by atoms with Crippen LogP contribution in [-0.2, 0) is 9.59 Å². The molecule has 2 aromatic rings. The number of hydrogen-bond donors (Lipinski definition) is 3. The number of benzene rings is 2. The van der Waals surface area contributed by atoms with Crippen molar-refractivity contribution < 1.29 is 14.3 Å². The van der Waals surface area contributed by atoms with E-state index >= 15 is 0 Å². The molecule has 0 aliphatic heterocycles. The van der Waals surface area contributed by atoms with Crippen molar-refractivity contribution in [2.24, 2.45) is 0 Å². The van der Waals surface area contributed by atoms with Crippen LogP contribution in [0.1, 0.15) is 16.7 Å². The number of carbonyl (C=O) groups excluding carboxylic acids is 2. The lowest BCUT2D eigenvalue weighted by Crippen LogP contribution is -2.49. The highest BCUT2D eigenvalue weighted by atomic mass is 35.5. The summed E-state index contributed by atoms with van der Waals surface area (Å²) in [6.07, 6.45) is 2.92. The van der Waals surface area contributed by atoms with Gasteiger partial charge < -0.3 is 4.74 Å². The van der Waals surface area contributed by atoms with Crippen molar-refractivity contribution in [3.8, 4) is 5.75 Å². The molecule has 9 heteroatoms. The second-order valence-electron chi connectivity index (χ2n) is 6.04. The molecule has 0 atom stereocenters. The number of ether oxygens (including phenoxy) is 1. The SMILES string of the molecule is Cc1cc(OCC(=O)NNC(=S)NC(=O)/C=C/c2ccc(Cl)cc2)cc(C)c1Cl. The van der Waals surface area contributed by atoms with Crippen LogP contribution in [0.4, 0.5) is 0 Å². The average Bonchev–Trinajstić information content (AvgIpc) is 2.68. The molecule has 0 fully saturated rings. The Labute approximate surface area is 184 Å². The van der Waals surface area contributed by atoms with Gasteiger partial charge in [0, 0.05) is 16.1 Å². The molecule has 0 radical (unpaired) electrons. The normalized spacial score (nSPS) is 10.5. The predicted molar refractivity (Wildman–Crippen MR) is 119 cm³/mol. The molecule has 0 heterocycles. The summed E-state index contributed by atoms with van der Waals surface area (Å²) in [5, 5.41) is 3.63. The van der Waals surface area contributed by atoms with Gasteiger partial charge in [0.2, 0.25) is 5.91 Å². The standard InChI is InChI=1S/C20H19Cl2N3O3S/c1-12-9-16(10-13(2)19(12)22)28-11-18(27)24-25-20(29)23-17(26)8-5-14-3-6-15(21)7-4-14/h3-10H,11H2,1-2H3,(H,24,27)(H2,23,25,26,29)/b8-5+. The Balaban J connectivity index is 1.73. The van der Waals surface area contributed by atoms with Crippen LogP contribution in [0.3, 0.4) is 0 Å². The molecular weight excluding hydrogens is 433 g/mol. The largest absolute Gasteiger partial charge is 0.484 e. The minimum absolute atomic E-state index is 0.0534. The van der Waals surface area contributed by atoms with Crippen LogP contribution in [0, 0.1) is 13.8 Å². The molecule has 29 heavy (non-hydrogen) atoms. The zero-order valence-corrected chi connectivity index (χ0v) is 18.0. The molecule has 2 amide bonds. The van der Waals surface area contributed by atoms with Crippen LogP contribution >= 0.6 is 35.4 Å². The van der Waals surface area contributed by atoms with Crippen molar-refractivity contribution in [2.45, 2.75) is 13.8 Å². The third-order valence-electron chi connectivity index (χ3n) is 3.63. The predicted octanol–water partition coefficient (Wildman–Crippen LogP) is 3.72. The van der Waals surface area contributed by atoms with Crippen LogP contribution in [0.5, 0.6) is 5.75 Å². The lowest BCUT2D eigenvalue weighted by molar-refractivity contribution is -0.123. The van der Waals surface area contributed by atoms with Gasteiger partial charge in [-0.05, 0) is 73.1 Å². The quantitative estimate of drug-likeness (QED) is 0.366. The van der Waals surface area contributed by atoms with Gasteiger partial charge in [0.1, 0.15) is 5.75 Å². The van der Waals surface area contributed by atoms with Gasteiger partial charge in [-0.1, -0.05) is 35.3 Å². The Kier molecular flexibility index (Phi) is 8.45. The van der Waals surface area contributed by atoms with Crippen LogP contribution in [0.25, 0.3) is 6.08 Å². The van der Waals surface area contributed by atoms with E-state index in [1.165, 1.54) is 6.08 Å². The first-order valence-corrected chi connectivity index (χ1v) is 9.64. The van der Waals surface area contributed by atoms with Gasteiger partial charge in [-0.2, -0.15) is 0 Å². The summed E-state index contributed by atoms with van der Waals surface area (Å²) in [6.45, 7) is 3.47. The zero-order valence-electron chi connectivity index (χ0n) is 15.7. The lowest BCUT2D eigenvalue weighted by Gasteiger charge is -2.12. The third kappa shape index (κ3) is 7.73. The summed E-state index contributed by atoms with van der Waals surface area (Å²) < 4.78 is 5.43. The van der Waals surface area contributed by atoms with E-state index in [1.54, 1.807) is 42.5 Å². The van der Waals surface area contributed by atoms with Crippen molar-refractivity contribution in [1.82, 2.24) is 16.2 Å². The topological polar surface area (TPSA) is 79.5 Å². The highest BCUT2D eigenvalue weighted by Gasteiger charge is 2.07. The van der Waals surface area contributed by atoms with E-state index in [9.17, 15) is 9.59 Å². The maximum Gasteiger partial charge on any atom is 0.276 e. The Hall–Kier alpha value is -2.61. The first-order valence-electron chi connectivity index (χ1n) is 8.47. The monoisotopic (exact) mass is 451 g/mol. The average molecular weight is 452 g/mol. The first-order chi connectivity index (χ1) is 13.7. The van der Waals surface area contributed by atoms with Gasteiger partial charge >= 0.3 is 0 Å². The number of hydrazine groups is 1. The van der Waals surface area contributed by atoms with Gasteiger partial charge in [0.15, 0.2) is 11.7 Å². The minimum atomic E-state index is -0.469. The summed E-state index contributed by atoms with van der Waals surface area (Å²) in [7, 11) is 0. The summed E-state index contributed by atoms with van der Waals surface area (Å²) in [5.41, 5.74) is 7.30. The number of hydrogen-bond acceptors (Lipinski definition) is 4. The van der Waals surface area contributed by atoms with Crippen molar-refractivity contribution in [2.75, 3.05) is 6.61 Å². The number of amides is 2. The number of carbonyl (C=O) groups is 2. The zero-order chi connectivity index (χ0) is 21.4. The smallest absolute Gasteiger partial charge is 0.276 e. The Bertz CT molecular complexity index is 923. The van der Waals surface area contributed by atoms with Gasteiger partial charge in [-0.25, -0.2) is 0 Å². The van der Waals surface area contributed by atoms with E-state index in [1.807, 2.05) is 13.8 Å². The molecule has 3 N–H and O–H groups in total. The van der Waals surface area contributed by atoms with E-state index in [-0.39, 0.29) is 11.7 Å². The molecule has 0 saturated heterocycles. The fraction of sp³-hybridized carbons (Fsp3) is 0.150. The minimum Gasteiger partial charge on any atom is -0.484 e. The van der Waals surface area contributed by atoms with Crippen molar-refractivity contribution >= 4 is 58.4 Å². The molecule has 0 unspecified atom stereocenters. The molecule has 0 aromatic heterocycles. The summed E-state index contributed by atoms with van der Waals surface area (Å²) >= 11 is 16.9. The summed E-state index contributed by atoms with van der Waals surface area (Å²) in [6, 6.07) is 10.5. The van der Waals surface area contributed by atoms with Gasteiger partial charge in [0.25, 0.3) is 5.91 Å². The number of rotatable bonds is 5. The highest BCUT2D eigenvalue weighted by molar-refractivity contribution is 7.80. The van der Waals surface area contributed by atoms with E-state index in [2.05, 4.69) is 16.2 Å². The second kappa shape index (κ2) is 10.8. The number of halogens is 2. The molecule has 152 valence electrons. The Morgan fingerprint density at radius 3 is 2.31 bits per heavy atom. The maximum atomic E-state index is 11.9. The number of thiocarbonyl (C=S) groups is 1. The van der Waals surface area contributed by atoms with Crippen LogP contribution in [0.15, 0.2) is 42.5 Å². The van der Waals surface area contributed by atoms with Crippen LogP contribution in [0.2, 0.25) is 10.0 Å². The van der Waals surface area contributed by atoms with Gasteiger partial charge in [0.05, 0.1) is 0 Å². The Morgan fingerprint density at radius 2 is 1.69 bits per heavy atom. The van der Waals surface area contributed by atoms with Crippen molar-refractivity contribution in [3.05, 3.63) is 69.2 Å². The van der Waals surface area contributed by atoms with Gasteiger partial charge in [-0.3, -0.25) is 25.8 Å². The molecular formula is C20H19Cl2N3O3S. The molecule has 0 aliphatic carbocycles. The fourth-order valence-electron chi connectivity index (χ4n) is 2.23. The summed E-state index contributed by atoms with van der Waals surface area (Å²) in [5.74, 6) is -0.388. The van der Waals surface area contributed by atoms with E-state index in [0.29, 0.717) is 15.8 Å². The summed E-state index contributed by atoms with van der Waals surface area (Å²) in [4.78, 5) is 23.7. The Morgan fingerprint density at radius 1 is 1.07 bits per heavy atom. The van der Waals surface area contributed by atoms with Crippen molar-refractivity contribution in [3.63, 3.8) is 0 Å².